The highest BCUT2D eigenvalue weighted by Crippen LogP contribution is 2.68. The molecule has 0 spiro atoms. The van der Waals surface area contributed by atoms with Gasteiger partial charge in [0.2, 0.25) is 0 Å². The molecule has 0 radical (unpaired) electrons. The molecule has 0 saturated heterocycles. The molecule has 0 aromatic rings. The van der Waals surface area contributed by atoms with Crippen molar-refractivity contribution >= 4 is 0 Å². The molecule has 2 fully saturated rings. The van der Waals surface area contributed by atoms with Crippen LogP contribution < -0.4 is 18.1 Å². The summed E-state index contributed by atoms with van der Waals surface area (Å²) in [6.45, 7) is 9.76. The van der Waals surface area contributed by atoms with Crippen LogP contribution in [0.15, 0.2) is 0 Å². The lowest BCUT2D eigenvalue weighted by molar-refractivity contribution is -0.434. The molecule has 0 aromatic carbocycles. The summed E-state index contributed by atoms with van der Waals surface area (Å²) in [6.07, 6.45) is 4.34. The maximum atomic E-state index is 4.25. The van der Waals surface area contributed by atoms with Crippen molar-refractivity contribution in [1.29, 1.82) is 0 Å². The number of quaternary nitrogens is 1. The Morgan fingerprint density at radius 2 is 1.86 bits per heavy atom. The highest BCUT2D eigenvalue weighted by atomic mass is 35.5. The highest BCUT2D eigenvalue weighted by Gasteiger charge is 2.62. The topological polar surface area (TPSA) is 27.6 Å². The maximum absolute atomic E-state index is 4.25. The molecule has 84 valence electrons. The molecule has 14 heavy (non-hydrogen) atoms. The van der Waals surface area contributed by atoms with E-state index < -0.39 is 0 Å². The summed E-state index contributed by atoms with van der Waals surface area (Å²) in [5, 5.41) is 0. The molecular weight excluding hydrogens is 194 g/mol. The van der Waals surface area contributed by atoms with Gasteiger partial charge in [-0.2, -0.15) is 0 Å². The molecule has 3 N–H and O–H groups in total. The molecule has 2 aliphatic carbocycles. The first-order chi connectivity index (χ1) is 5.89. The van der Waals surface area contributed by atoms with Gasteiger partial charge in [-0.1, -0.05) is 20.8 Å². The van der Waals surface area contributed by atoms with Gasteiger partial charge in [-0.3, -0.25) is 0 Å². The zero-order valence-electron chi connectivity index (χ0n) is 9.94. The van der Waals surface area contributed by atoms with E-state index in [1.807, 2.05) is 0 Å². The Morgan fingerprint density at radius 3 is 2.07 bits per heavy atom. The number of fused-ring (bicyclic) bond motifs is 2. The zero-order chi connectivity index (χ0) is 9.85. The van der Waals surface area contributed by atoms with Crippen LogP contribution in [-0.2, 0) is 0 Å². The molecule has 0 aliphatic heterocycles. The summed E-state index contributed by atoms with van der Waals surface area (Å²) in [5.41, 5.74) is 5.41. The molecule has 2 bridgehead atoms. The van der Waals surface area contributed by atoms with Crippen molar-refractivity contribution in [3.05, 3.63) is 0 Å². The number of hydrogen-bond acceptors (Lipinski definition) is 0. The second kappa shape index (κ2) is 3.38. The smallest absolute Gasteiger partial charge is 0.0849 e. The average Bonchev–Trinajstić information content (AvgIpc) is 2.34. The summed E-state index contributed by atoms with van der Waals surface area (Å²) in [4.78, 5) is 0. The minimum Gasteiger partial charge on any atom is -1.00 e. The second-order valence-electron chi connectivity index (χ2n) is 6.19. The Balaban J connectivity index is 0.000000980. The van der Waals surface area contributed by atoms with Gasteiger partial charge in [0.15, 0.2) is 0 Å². The Labute approximate surface area is 94.2 Å². The SMILES string of the molecule is C[C@@H]([NH3+])[C@H]1C[C@H]2CC[C@]1(C)C2(C)C.[Cl-]. The summed E-state index contributed by atoms with van der Waals surface area (Å²) in [7, 11) is 0. The van der Waals surface area contributed by atoms with Crippen molar-refractivity contribution in [2.45, 2.75) is 53.0 Å². The van der Waals surface area contributed by atoms with Crippen LogP contribution in [0, 0.1) is 22.7 Å². The molecule has 1 nitrogen and oxygen atoms in total. The Morgan fingerprint density at radius 1 is 1.29 bits per heavy atom. The van der Waals surface area contributed by atoms with Gasteiger partial charge in [-0.15, -0.1) is 0 Å². The Hall–Kier alpha value is 0.250. The normalized spacial score (nSPS) is 46.1. The first-order valence-electron chi connectivity index (χ1n) is 5.72. The summed E-state index contributed by atoms with van der Waals surface area (Å²) in [6, 6.07) is 0.634. The molecule has 2 saturated carbocycles. The van der Waals surface area contributed by atoms with Crippen molar-refractivity contribution < 1.29 is 18.1 Å². The largest absolute Gasteiger partial charge is 1.00 e. The van der Waals surface area contributed by atoms with E-state index in [2.05, 4.69) is 33.4 Å². The van der Waals surface area contributed by atoms with Crippen LogP contribution in [0.25, 0.3) is 0 Å². The fraction of sp³-hybridized carbons (Fsp3) is 1.00. The molecule has 2 aliphatic rings. The van der Waals surface area contributed by atoms with Crippen LogP contribution >= 0.6 is 0 Å². The average molecular weight is 218 g/mol. The van der Waals surface area contributed by atoms with E-state index in [1.54, 1.807) is 0 Å². The van der Waals surface area contributed by atoms with Crippen LogP contribution in [-0.4, -0.2) is 6.04 Å². The molecule has 2 heteroatoms. The van der Waals surface area contributed by atoms with Crippen molar-refractivity contribution in [3.8, 4) is 0 Å². The summed E-state index contributed by atoms with van der Waals surface area (Å²) >= 11 is 0. The molecule has 0 unspecified atom stereocenters. The van der Waals surface area contributed by atoms with Crippen LogP contribution in [0.2, 0.25) is 0 Å². The van der Waals surface area contributed by atoms with Crippen LogP contribution in [0.1, 0.15) is 47.0 Å². The van der Waals surface area contributed by atoms with E-state index in [1.165, 1.54) is 19.3 Å². The quantitative estimate of drug-likeness (QED) is 0.589. The molecule has 4 atom stereocenters. The van der Waals surface area contributed by atoms with Gasteiger partial charge in [-0.25, -0.2) is 0 Å². The van der Waals surface area contributed by atoms with Crippen molar-refractivity contribution in [1.82, 2.24) is 0 Å². The standard InChI is InChI=1S/C12H23N.ClH/c1-8(13)10-7-9-5-6-12(10,4)11(9,2)3;/h8-10H,5-7,13H2,1-4H3;1H/t8-,9-,10-,12+;/m1./s1. The fourth-order valence-corrected chi connectivity index (χ4v) is 4.13. The molecule has 0 heterocycles. The Bertz CT molecular complexity index is 224. The van der Waals surface area contributed by atoms with Crippen molar-refractivity contribution in [3.63, 3.8) is 0 Å². The van der Waals surface area contributed by atoms with Gasteiger partial charge < -0.3 is 18.1 Å². The van der Waals surface area contributed by atoms with Gasteiger partial charge >= 0.3 is 0 Å². The Kier molecular flexibility index (Phi) is 2.98. The number of hydrogen-bond donors (Lipinski definition) is 1. The fourth-order valence-electron chi connectivity index (χ4n) is 4.13. The van der Waals surface area contributed by atoms with E-state index >= 15 is 0 Å². The first kappa shape index (κ1) is 12.3. The third kappa shape index (κ3) is 1.25. The first-order valence-corrected chi connectivity index (χ1v) is 5.72. The van der Waals surface area contributed by atoms with Crippen LogP contribution in [0.3, 0.4) is 0 Å². The van der Waals surface area contributed by atoms with E-state index in [4.69, 9.17) is 0 Å². The van der Waals surface area contributed by atoms with Gasteiger partial charge in [0, 0.05) is 5.92 Å². The lowest BCUT2D eigenvalue weighted by Crippen LogP contribution is -3.00. The third-order valence-corrected chi connectivity index (χ3v) is 5.55. The molecule has 2 rings (SSSR count). The minimum atomic E-state index is 0. The van der Waals surface area contributed by atoms with Gasteiger partial charge in [0.25, 0.3) is 0 Å². The van der Waals surface area contributed by atoms with E-state index in [0.29, 0.717) is 16.9 Å². The lowest BCUT2D eigenvalue weighted by atomic mass is 9.65. The van der Waals surface area contributed by atoms with Crippen LogP contribution in [0.4, 0.5) is 0 Å². The molecule has 0 aromatic heterocycles. The maximum Gasteiger partial charge on any atom is 0.0849 e. The minimum absolute atomic E-state index is 0. The summed E-state index contributed by atoms with van der Waals surface area (Å²) < 4.78 is 0. The highest BCUT2D eigenvalue weighted by molar-refractivity contribution is 5.10. The number of rotatable bonds is 1. The van der Waals surface area contributed by atoms with Crippen molar-refractivity contribution in [2.75, 3.05) is 0 Å². The number of halogens is 1. The third-order valence-electron chi connectivity index (χ3n) is 5.55. The predicted octanol–water partition coefficient (Wildman–Crippen LogP) is -0.917. The molecular formula is C12H24ClN. The van der Waals surface area contributed by atoms with Crippen molar-refractivity contribution in [2.24, 2.45) is 22.7 Å². The van der Waals surface area contributed by atoms with Gasteiger partial charge in [0.05, 0.1) is 6.04 Å². The summed E-state index contributed by atoms with van der Waals surface area (Å²) in [5.74, 6) is 1.85. The predicted molar refractivity (Wildman–Crippen MR) is 55.1 cm³/mol. The van der Waals surface area contributed by atoms with Crippen LogP contribution in [0.5, 0.6) is 0 Å². The van der Waals surface area contributed by atoms with Gasteiger partial charge in [-0.05, 0) is 42.9 Å². The second-order valence-corrected chi connectivity index (χ2v) is 6.19. The monoisotopic (exact) mass is 217 g/mol. The van der Waals surface area contributed by atoms with E-state index in [-0.39, 0.29) is 12.4 Å². The van der Waals surface area contributed by atoms with E-state index in [0.717, 1.165) is 11.8 Å². The van der Waals surface area contributed by atoms with Gasteiger partial charge in [0.1, 0.15) is 0 Å². The molecule has 0 amide bonds. The lowest BCUT2D eigenvalue weighted by Gasteiger charge is -2.39. The van der Waals surface area contributed by atoms with E-state index in [9.17, 15) is 0 Å². The zero-order valence-corrected chi connectivity index (χ0v) is 10.7.